The summed E-state index contributed by atoms with van der Waals surface area (Å²) in [7, 11) is -2.87. The first kappa shape index (κ1) is 14.0. The zero-order valence-corrected chi connectivity index (χ0v) is 11.6. The number of unbranched alkanes of at least 4 members (excludes halogenated alkanes) is 3. The average Bonchev–Trinajstić information content (AvgIpc) is 2.18. The second-order valence-corrected chi connectivity index (χ2v) is 8.16. The van der Waals surface area contributed by atoms with Crippen LogP contribution in [0, 0.1) is 0 Å². The molecule has 0 N–H and O–H groups in total. The largest absolute Gasteiger partial charge is 0.301 e. The fourth-order valence-electron chi connectivity index (χ4n) is 2.19. The highest BCUT2D eigenvalue weighted by atomic mass is 32.2. The molecule has 0 atom stereocenters. The van der Waals surface area contributed by atoms with Gasteiger partial charge in [0, 0.05) is 13.1 Å². The lowest BCUT2D eigenvalue weighted by molar-refractivity contribution is 0.244. The molecule has 0 spiro atoms. The minimum Gasteiger partial charge on any atom is -0.301 e. The van der Waals surface area contributed by atoms with E-state index in [0.717, 1.165) is 13.1 Å². The van der Waals surface area contributed by atoms with Crippen LogP contribution >= 0.6 is 0 Å². The van der Waals surface area contributed by atoms with Gasteiger partial charge >= 0.3 is 0 Å². The van der Waals surface area contributed by atoms with Gasteiger partial charge in [0.2, 0.25) is 0 Å². The van der Waals surface area contributed by atoms with Crippen LogP contribution in [-0.4, -0.2) is 43.5 Å². The summed E-state index contributed by atoms with van der Waals surface area (Å²) in [6.45, 7) is 8.37. The zero-order valence-electron chi connectivity index (χ0n) is 10.8. The van der Waals surface area contributed by atoms with Gasteiger partial charge in [-0.3, -0.25) is 0 Å². The molecule has 16 heavy (non-hydrogen) atoms. The molecule has 0 radical (unpaired) electrons. The molecule has 1 saturated heterocycles. The molecule has 1 fully saturated rings. The summed E-state index contributed by atoms with van der Waals surface area (Å²) in [6, 6.07) is 0. The van der Waals surface area contributed by atoms with Crippen LogP contribution in [-0.2, 0) is 9.84 Å². The lowest BCUT2D eigenvalue weighted by atomic mass is 10.1. The molecule has 0 unspecified atom stereocenters. The molecular weight excluding hydrogens is 222 g/mol. The van der Waals surface area contributed by atoms with Crippen molar-refractivity contribution in [2.45, 2.75) is 51.2 Å². The number of nitrogens with zero attached hydrogens (tertiary/aromatic N) is 1. The number of sulfone groups is 1. The molecule has 1 heterocycles. The fraction of sp³-hybridized carbons (Fsp3) is 1.00. The Kier molecular flexibility index (Phi) is 4.80. The van der Waals surface area contributed by atoms with Crippen LogP contribution in [0.2, 0.25) is 0 Å². The maximum absolute atomic E-state index is 11.8. The Morgan fingerprint density at radius 3 is 2.44 bits per heavy atom. The SMILES string of the molecule is CCCCCCN1CCS(=O)(=O)C(C)(C)C1. The Morgan fingerprint density at radius 1 is 1.19 bits per heavy atom. The molecule has 0 aromatic carbocycles. The topological polar surface area (TPSA) is 37.4 Å². The van der Waals surface area contributed by atoms with E-state index in [1.54, 1.807) is 0 Å². The minimum atomic E-state index is -2.87. The normalized spacial score (nSPS) is 24.4. The van der Waals surface area contributed by atoms with Crippen LogP contribution < -0.4 is 0 Å². The van der Waals surface area contributed by atoms with E-state index in [0.29, 0.717) is 12.3 Å². The fourth-order valence-corrected chi connectivity index (χ4v) is 3.62. The summed E-state index contributed by atoms with van der Waals surface area (Å²) in [5, 5.41) is 0. The lowest BCUT2D eigenvalue weighted by Gasteiger charge is -2.37. The predicted octanol–water partition coefficient (Wildman–Crippen LogP) is 2.08. The van der Waals surface area contributed by atoms with Gasteiger partial charge in [-0.1, -0.05) is 26.2 Å². The van der Waals surface area contributed by atoms with Gasteiger partial charge in [0.15, 0.2) is 9.84 Å². The molecule has 4 heteroatoms. The average molecular weight is 247 g/mol. The Labute approximate surface area is 100 Å². The second-order valence-electron chi connectivity index (χ2n) is 5.42. The molecule has 0 aromatic heterocycles. The summed E-state index contributed by atoms with van der Waals surface area (Å²) < 4.78 is 23.0. The minimum absolute atomic E-state index is 0.327. The third-order valence-corrected chi connectivity index (χ3v) is 5.98. The van der Waals surface area contributed by atoms with Crippen molar-refractivity contribution in [1.82, 2.24) is 4.90 Å². The smallest absolute Gasteiger partial charge is 0.157 e. The molecule has 0 aliphatic carbocycles. The first-order valence-corrected chi connectivity index (χ1v) is 7.99. The van der Waals surface area contributed by atoms with Crippen LogP contribution in [0.5, 0.6) is 0 Å². The Hall–Kier alpha value is -0.0900. The number of rotatable bonds is 5. The van der Waals surface area contributed by atoms with Gasteiger partial charge in [-0.2, -0.15) is 0 Å². The monoisotopic (exact) mass is 247 g/mol. The maximum atomic E-state index is 11.8. The predicted molar refractivity (Wildman–Crippen MR) is 68.4 cm³/mol. The maximum Gasteiger partial charge on any atom is 0.157 e. The highest BCUT2D eigenvalue weighted by Gasteiger charge is 2.39. The van der Waals surface area contributed by atoms with Gasteiger partial charge in [-0.05, 0) is 26.8 Å². The van der Waals surface area contributed by atoms with Crippen molar-refractivity contribution in [3.8, 4) is 0 Å². The van der Waals surface area contributed by atoms with Crippen molar-refractivity contribution >= 4 is 9.84 Å². The quantitative estimate of drug-likeness (QED) is 0.698. The molecule has 0 bridgehead atoms. The van der Waals surface area contributed by atoms with E-state index in [2.05, 4.69) is 11.8 Å². The highest BCUT2D eigenvalue weighted by molar-refractivity contribution is 7.92. The molecule has 96 valence electrons. The first-order valence-electron chi connectivity index (χ1n) is 6.34. The van der Waals surface area contributed by atoms with E-state index in [1.165, 1.54) is 25.7 Å². The van der Waals surface area contributed by atoms with E-state index >= 15 is 0 Å². The van der Waals surface area contributed by atoms with Gasteiger partial charge < -0.3 is 4.90 Å². The lowest BCUT2D eigenvalue weighted by Crippen LogP contribution is -2.52. The molecular formula is C12H25NO2S. The Balaban J connectivity index is 2.38. The molecule has 0 aromatic rings. The molecule has 3 nitrogen and oxygen atoms in total. The summed E-state index contributed by atoms with van der Waals surface area (Å²) in [5.41, 5.74) is 0. The van der Waals surface area contributed by atoms with Crippen LogP contribution in [0.1, 0.15) is 46.5 Å². The van der Waals surface area contributed by atoms with Crippen LogP contribution in [0.3, 0.4) is 0 Å². The van der Waals surface area contributed by atoms with Crippen LogP contribution in [0.25, 0.3) is 0 Å². The van der Waals surface area contributed by atoms with Gasteiger partial charge in [0.25, 0.3) is 0 Å². The van der Waals surface area contributed by atoms with Crippen molar-refractivity contribution in [3.05, 3.63) is 0 Å². The standard InChI is InChI=1S/C12H25NO2S/c1-4-5-6-7-8-13-9-10-16(14,15)12(2,3)11-13/h4-11H2,1-3H3. The van der Waals surface area contributed by atoms with Gasteiger partial charge in [0.1, 0.15) is 0 Å². The number of hydrogen-bond donors (Lipinski definition) is 0. The van der Waals surface area contributed by atoms with Crippen molar-refractivity contribution < 1.29 is 8.42 Å². The van der Waals surface area contributed by atoms with Gasteiger partial charge in [-0.15, -0.1) is 0 Å². The molecule has 1 rings (SSSR count). The molecule has 0 saturated carbocycles. The summed E-state index contributed by atoms with van der Waals surface area (Å²) in [5.74, 6) is 0.327. The van der Waals surface area contributed by atoms with Crippen LogP contribution in [0.15, 0.2) is 0 Å². The van der Waals surface area contributed by atoms with Gasteiger partial charge in [-0.25, -0.2) is 8.42 Å². The summed E-state index contributed by atoms with van der Waals surface area (Å²) in [4.78, 5) is 2.30. The third-order valence-electron chi connectivity index (χ3n) is 3.45. The van der Waals surface area contributed by atoms with Crippen molar-refractivity contribution in [2.24, 2.45) is 0 Å². The number of hydrogen-bond acceptors (Lipinski definition) is 3. The van der Waals surface area contributed by atoms with Crippen molar-refractivity contribution in [2.75, 3.05) is 25.4 Å². The zero-order chi connectivity index (χ0) is 12.2. The second kappa shape index (κ2) is 5.50. The van der Waals surface area contributed by atoms with E-state index in [-0.39, 0.29) is 0 Å². The first-order chi connectivity index (χ1) is 7.39. The molecule has 1 aliphatic rings. The highest BCUT2D eigenvalue weighted by Crippen LogP contribution is 2.23. The Bertz CT molecular complexity index is 309. The molecule has 0 amide bonds. The van der Waals surface area contributed by atoms with E-state index < -0.39 is 14.6 Å². The van der Waals surface area contributed by atoms with Crippen LogP contribution in [0.4, 0.5) is 0 Å². The van der Waals surface area contributed by atoms with E-state index in [4.69, 9.17) is 0 Å². The Morgan fingerprint density at radius 2 is 1.88 bits per heavy atom. The third kappa shape index (κ3) is 3.45. The van der Waals surface area contributed by atoms with Gasteiger partial charge in [0.05, 0.1) is 10.5 Å². The summed E-state index contributed by atoms with van der Waals surface area (Å²) >= 11 is 0. The van der Waals surface area contributed by atoms with Crippen molar-refractivity contribution in [1.29, 1.82) is 0 Å². The molecule has 1 aliphatic heterocycles. The summed E-state index contributed by atoms with van der Waals surface area (Å²) in [6.07, 6.45) is 5.00. The van der Waals surface area contributed by atoms with E-state index in [9.17, 15) is 8.42 Å². The van der Waals surface area contributed by atoms with E-state index in [1.807, 2.05) is 13.8 Å². The van der Waals surface area contributed by atoms with Crippen molar-refractivity contribution in [3.63, 3.8) is 0 Å².